The monoisotopic (exact) mass is 226 g/mol. The van der Waals surface area contributed by atoms with E-state index >= 15 is 0 Å². The zero-order valence-electron chi connectivity index (χ0n) is 9.39. The van der Waals surface area contributed by atoms with Crippen molar-refractivity contribution in [3.8, 4) is 0 Å². The summed E-state index contributed by atoms with van der Waals surface area (Å²) in [5.74, 6) is 1.03. The van der Waals surface area contributed by atoms with Crippen molar-refractivity contribution in [1.29, 1.82) is 0 Å². The summed E-state index contributed by atoms with van der Waals surface area (Å²) < 4.78 is 5.47. The Bertz CT molecular complexity index is 610. The van der Waals surface area contributed by atoms with E-state index in [1.54, 1.807) is 6.26 Å². The van der Waals surface area contributed by atoms with Crippen LogP contribution in [-0.4, -0.2) is 11.5 Å². The molecule has 1 aromatic carbocycles. The van der Waals surface area contributed by atoms with Crippen LogP contribution in [0.2, 0.25) is 0 Å². The first-order valence-corrected chi connectivity index (χ1v) is 5.69. The quantitative estimate of drug-likeness (QED) is 0.721. The van der Waals surface area contributed by atoms with Gasteiger partial charge in [-0.15, -0.1) is 0 Å². The number of aromatic nitrogens is 1. The summed E-state index contributed by atoms with van der Waals surface area (Å²) in [4.78, 5) is 3.27. The minimum atomic E-state index is 0.112. The number of rotatable bonds is 3. The van der Waals surface area contributed by atoms with Crippen LogP contribution in [0.4, 0.5) is 0 Å². The molecule has 2 aromatic heterocycles. The number of furan rings is 1. The second-order valence-corrected chi connectivity index (χ2v) is 4.09. The van der Waals surface area contributed by atoms with Crippen LogP contribution in [0.5, 0.6) is 0 Å². The Morgan fingerprint density at radius 1 is 1.18 bits per heavy atom. The van der Waals surface area contributed by atoms with Crippen molar-refractivity contribution in [3.63, 3.8) is 0 Å². The van der Waals surface area contributed by atoms with Gasteiger partial charge in [0.25, 0.3) is 0 Å². The second-order valence-electron chi connectivity index (χ2n) is 4.09. The van der Waals surface area contributed by atoms with Crippen LogP contribution in [-0.2, 0) is 0 Å². The fourth-order valence-electron chi connectivity index (χ4n) is 2.27. The summed E-state index contributed by atoms with van der Waals surface area (Å²) in [7, 11) is 0. The Balaban J connectivity index is 2.13. The summed E-state index contributed by atoms with van der Waals surface area (Å²) in [5.41, 5.74) is 8.20. The predicted molar refractivity (Wildman–Crippen MR) is 67.9 cm³/mol. The van der Waals surface area contributed by atoms with E-state index in [-0.39, 0.29) is 5.92 Å². The number of hydrogen-bond acceptors (Lipinski definition) is 2. The second kappa shape index (κ2) is 4.11. The molecule has 0 spiro atoms. The van der Waals surface area contributed by atoms with Gasteiger partial charge in [-0.05, 0) is 23.8 Å². The van der Waals surface area contributed by atoms with E-state index in [1.807, 2.05) is 30.5 Å². The smallest absolute Gasteiger partial charge is 0.112 e. The molecule has 86 valence electrons. The largest absolute Gasteiger partial charge is 0.469 e. The van der Waals surface area contributed by atoms with Gasteiger partial charge in [-0.1, -0.05) is 18.2 Å². The number of H-pyrrole nitrogens is 1. The highest BCUT2D eigenvalue weighted by molar-refractivity contribution is 5.84. The highest BCUT2D eigenvalue weighted by Gasteiger charge is 2.18. The van der Waals surface area contributed by atoms with Gasteiger partial charge < -0.3 is 15.1 Å². The van der Waals surface area contributed by atoms with Crippen molar-refractivity contribution in [2.24, 2.45) is 5.73 Å². The molecule has 0 bridgehead atoms. The lowest BCUT2D eigenvalue weighted by molar-refractivity contribution is 0.488. The van der Waals surface area contributed by atoms with Gasteiger partial charge in [0.2, 0.25) is 0 Å². The van der Waals surface area contributed by atoms with E-state index in [4.69, 9.17) is 10.2 Å². The highest BCUT2D eigenvalue weighted by atomic mass is 16.3. The van der Waals surface area contributed by atoms with Crippen molar-refractivity contribution in [2.75, 3.05) is 6.54 Å². The van der Waals surface area contributed by atoms with Crippen LogP contribution < -0.4 is 5.73 Å². The molecule has 3 N–H and O–H groups in total. The molecule has 0 aliphatic rings. The fourth-order valence-corrected chi connectivity index (χ4v) is 2.27. The van der Waals surface area contributed by atoms with Crippen LogP contribution in [0.15, 0.2) is 53.3 Å². The lowest BCUT2D eigenvalue weighted by atomic mass is 9.96. The van der Waals surface area contributed by atoms with Crippen LogP contribution in [0, 0.1) is 0 Å². The van der Waals surface area contributed by atoms with Gasteiger partial charge in [-0.3, -0.25) is 0 Å². The molecular weight excluding hydrogens is 212 g/mol. The first-order chi connectivity index (χ1) is 8.40. The fraction of sp³-hybridized carbons (Fsp3) is 0.143. The number of para-hydroxylation sites is 1. The number of hydrogen-bond donors (Lipinski definition) is 2. The maximum Gasteiger partial charge on any atom is 0.112 e. The molecular formula is C14H14N2O. The van der Waals surface area contributed by atoms with E-state index in [0.29, 0.717) is 6.54 Å². The van der Waals surface area contributed by atoms with Gasteiger partial charge in [-0.25, -0.2) is 0 Å². The van der Waals surface area contributed by atoms with Gasteiger partial charge in [0.1, 0.15) is 5.76 Å². The van der Waals surface area contributed by atoms with Crippen LogP contribution in [0.25, 0.3) is 10.9 Å². The first kappa shape index (κ1) is 10.2. The predicted octanol–water partition coefficient (Wildman–Crippen LogP) is 2.85. The lowest BCUT2D eigenvalue weighted by Gasteiger charge is -2.10. The minimum absolute atomic E-state index is 0.112. The van der Waals surface area contributed by atoms with Crippen LogP contribution in [0.3, 0.4) is 0 Å². The lowest BCUT2D eigenvalue weighted by Crippen LogP contribution is -2.12. The Morgan fingerprint density at radius 3 is 2.82 bits per heavy atom. The number of nitrogens with one attached hydrogen (secondary N) is 1. The third-order valence-electron chi connectivity index (χ3n) is 3.12. The maximum atomic E-state index is 5.87. The highest BCUT2D eigenvalue weighted by Crippen LogP contribution is 2.30. The third-order valence-corrected chi connectivity index (χ3v) is 3.12. The average Bonchev–Trinajstić information content (AvgIpc) is 3.01. The summed E-state index contributed by atoms with van der Waals surface area (Å²) in [6.45, 7) is 0.537. The molecule has 0 aliphatic carbocycles. The van der Waals surface area contributed by atoms with E-state index in [2.05, 4.69) is 17.1 Å². The molecule has 1 atom stereocenters. The van der Waals surface area contributed by atoms with Gasteiger partial charge in [0.05, 0.1) is 12.2 Å². The van der Waals surface area contributed by atoms with E-state index in [9.17, 15) is 0 Å². The normalized spacial score (nSPS) is 13.0. The van der Waals surface area contributed by atoms with Crippen molar-refractivity contribution in [1.82, 2.24) is 4.98 Å². The van der Waals surface area contributed by atoms with E-state index < -0.39 is 0 Å². The zero-order valence-corrected chi connectivity index (χ0v) is 9.39. The Hall–Kier alpha value is -2.00. The Kier molecular flexibility index (Phi) is 2.46. The van der Waals surface area contributed by atoms with Crippen molar-refractivity contribution in [2.45, 2.75) is 5.92 Å². The first-order valence-electron chi connectivity index (χ1n) is 5.69. The number of aromatic amines is 1. The molecule has 0 aliphatic heterocycles. The van der Waals surface area contributed by atoms with Gasteiger partial charge in [-0.2, -0.15) is 0 Å². The standard InChI is InChI=1S/C14H14N2O/c15-8-11(14-6-3-7-17-14)12-9-16-13-5-2-1-4-10(12)13/h1-7,9,11,16H,8,15H2/t11-/m1/s1. The molecule has 2 heterocycles. The molecule has 3 rings (SSSR count). The van der Waals surface area contributed by atoms with E-state index in [0.717, 1.165) is 11.3 Å². The summed E-state index contributed by atoms with van der Waals surface area (Å²) in [6.07, 6.45) is 3.71. The van der Waals surface area contributed by atoms with E-state index in [1.165, 1.54) is 10.9 Å². The van der Waals surface area contributed by atoms with Gasteiger partial charge >= 0.3 is 0 Å². The molecule has 0 fully saturated rings. The average molecular weight is 226 g/mol. The number of nitrogens with two attached hydrogens (primary N) is 1. The minimum Gasteiger partial charge on any atom is -0.469 e. The van der Waals surface area contributed by atoms with Crippen molar-refractivity contribution >= 4 is 10.9 Å². The summed E-state index contributed by atoms with van der Waals surface area (Å²) in [6, 6.07) is 12.1. The Morgan fingerprint density at radius 2 is 2.06 bits per heavy atom. The van der Waals surface area contributed by atoms with Gasteiger partial charge in [0, 0.05) is 23.6 Å². The van der Waals surface area contributed by atoms with Gasteiger partial charge in [0.15, 0.2) is 0 Å². The topological polar surface area (TPSA) is 54.9 Å². The molecule has 0 saturated carbocycles. The molecule has 0 saturated heterocycles. The molecule has 0 radical (unpaired) electrons. The van der Waals surface area contributed by atoms with Crippen molar-refractivity contribution in [3.05, 3.63) is 60.2 Å². The zero-order chi connectivity index (χ0) is 11.7. The molecule has 3 heteroatoms. The molecule has 3 nitrogen and oxygen atoms in total. The molecule has 3 aromatic rings. The SMILES string of the molecule is NC[C@@H](c1ccco1)c1c[nH]c2ccccc12. The third kappa shape index (κ3) is 1.65. The summed E-state index contributed by atoms with van der Waals surface area (Å²) >= 11 is 0. The summed E-state index contributed by atoms with van der Waals surface area (Å²) in [5, 5.41) is 1.21. The van der Waals surface area contributed by atoms with Crippen LogP contribution >= 0.6 is 0 Å². The van der Waals surface area contributed by atoms with Crippen LogP contribution in [0.1, 0.15) is 17.2 Å². The number of benzene rings is 1. The van der Waals surface area contributed by atoms with Crippen molar-refractivity contribution < 1.29 is 4.42 Å². The molecule has 0 unspecified atom stereocenters. The molecule has 0 amide bonds. The molecule has 17 heavy (non-hydrogen) atoms. The Labute approximate surface area is 99.2 Å². The number of fused-ring (bicyclic) bond motifs is 1. The maximum absolute atomic E-state index is 5.87.